The molecule has 5 aromatic heterocycles. The van der Waals surface area contributed by atoms with Gasteiger partial charge in [0.25, 0.3) is 0 Å². The maximum absolute atomic E-state index is 12.3. The van der Waals surface area contributed by atoms with Crippen LogP contribution in [0.2, 0.25) is 0 Å². The van der Waals surface area contributed by atoms with Crippen molar-refractivity contribution in [3.8, 4) is 12.3 Å². The fraction of sp³-hybridized carbons (Fsp3) is 0.529. The number of alkyl halides is 6. The summed E-state index contributed by atoms with van der Waals surface area (Å²) >= 11 is 0. The van der Waals surface area contributed by atoms with Gasteiger partial charge in [-0.05, 0) is 5.53 Å². The van der Waals surface area contributed by atoms with Crippen LogP contribution in [0.15, 0.2) is 36.6 Å². The van der Waals surface area contributed by atoms with Crippen molar-refractivity contribution in [1.82, 2.24) is 64.7 Å². The molecule has 7 heterocycles. The van der Waals surface area contributed by atoms with Gasteiger partial charge in [-0.25, -0.2) is 57.3 Å². The lowest BCUT2D eigenvalue weighted by atomic mass is 10.2. The summed E-state index contributed by atoms with van der Waals surface area (Å²) < 4.78 is 191. The highest BCUT2D eigenvalue weighted by molar-refractivity contribution is 7.67. The third-order valence-electron chi connectivity index (χ3n) is 10.4. The van der Waals surface area contributed by atoms with E-state index in [4.69, 9.17) is 32.9 Å². The number of ether oxygens (including phenoxy) is 2. The zero-order valence-electron chi connectivity index (χ0n) is 44.3. The van der Waals surface area contributed by atoms with Crippen LogP contribution in [0, 0.1) is 12.3 Å². The summed E-state index contributed by atoms with van der Waals surface area (Å²) in [6.07, 6.45) is -5.74. The van der Waals surface area contributed by atoms with Gasteiger partial charge < -0.3 is 71.1 Å². The molecule has 0 aromatic carbocycles. The first kappa shape index (κ1) is 74.6. The number of azide groups is 1. The van der Waals surface area contributed by atoms with Crippen molar-refractivity contribution in [3.05, 3.63) is 47.6 Å². The first-order valence-corrected chi connectivity index (χ1v) is 32.6. The highest BCUT2D eigenvalue weighted by Crippen LogP contribution is 2.69. The molecule has 2 amide bonds. The normalized spacial score (nSPS) is 22.5. The number of hydrogen-bond donors (Lipinski definition) is 12. The number of rotatable bonds is 27. The van der Waals surface area contributed by atoms with Gasteiger partial charge in [0.05, 0.1) is 50.8 Å². The zero-order valence-corrected chi connectivity index (χ0v) is 49.7. The molecule has 2 fully saturated rings. The van der Waals surface area contributed by atoms with E-state index in [2.05, 4.69) is 85.6 Å². The Morgan fingerprint density at radius 2 is 1.11 bits per heavy atom. The smallest absolute Gasteiger partial charge is 0.390 e. The van der Waals surface area contributed by atoms with Gasteiger partial charge in [-0.15, -0.1) is 11.5 Å². The number of aromatic nitrogens is 11. The van der Waals surface area contributed by atoms with Gasteiger partial charge in [-0.3, -0.25) is 41.5 Å². The fourth-order valence-electron chi connectivity index (χ4n) is 6.74. The summed E-state index contributed by atoms with van der Waals surface area (Å²) in [4.78, 5) is 105. The van der Waals surface area contributed by atoms with Gasteiger partial charge in [0, 0.05) is 37.4 Å². The van der Waals surface area contributed by atoms with Gasteiger partial charge in [-0.1, -0.05) is 16.2 Å². The molecular formula is C34H46F6N18O26P6. The van der Waals surface area contributed by atoms with Crippen LogP contribution < -0.4 is 22.1 Å². The van der Waals surface area contributed by atoms with E-state index in [1.165, 1.54) is 39.8 Å². The van der Waals surface area contributed by atoms with Crippen LogP contribution in [0.25, 0.3) is 32.8 Å². The lowest BCUT2D eigenvalue weighted by Crippen LogP contribution is -2.38. The zero-order chi connectivity index (χ0) is 67.3. The standard InChI is InChI=1S/C17H23F3N9O13P3.C13H18N5O12P3.C4H5F3N4O/c18-17(19,20)16(31)22-1-2-28-4-9(26-27-28)5-38-43(32,33)41-45(36,37)42-44(34,35)39-6-11-10(30)3-12(40-11)29-8-25-13-14(21)23-7-24-15(13)29;1-2-3-26-31(20,21)29-33(24,25)30-32(22,23)27-5-9-8(19)4-10(28-9)18-7-17-11-12(14)15-6-16-13(11)18;5-4(6,7)3(12)9-1-2-10-11-8/h4,7-8,10-12,30H,1-3,5-6H2,(H,22,31)(H,32,33)(H,34,35)(H,36,37)(H2,21,23,24);1,6-10,19H,3-5H2,(H,20,21)(H,22,23)(H,24,25)(H2,14,15,16);1-2H2,(H,9,12). The average Bonchev–Trinajstić information content (AvgIpc) is 1.76. The molecule has 2 aliphatic heterocycles. The maximum Gasteiger partial charge on any atom is 0.490 e. The maximum atomic E-state index is 12.3. The second kappa shape index (κ2) is 31.0. The SMILES string of the molecule is C#CCOP(=O)(O)OP(=O)(O)OP(=O)(O)OCC1OC(n2cnc3c(N)ncnc32)CC1O.Nc1ncnc2c1ncn2C1CC(O)C(COP(=O)(O)OP(=O)(O)OP(=O)(O)OCc2cn(CCNC(=O)C(F)(F)F)nn2)O1.[N-]=[N+]=NCCNC(=O)C(F)(F)F. The highest BCUT2D eigenvalue weighted by atomic mass is 31.3. The summed E-state index contributed by atoms with van der Waals surface area (Å²) in [5, 5.41) is 33.5. The topological polar surface area (TPSA) is 633 Å². The number of fused-ring (bicyclic) bond motifs is 2. The molecule has 7 rings (SSSR count). The Labute approximate surface area is 495 Å². The number of phosphoric ester groups is 4. The van der Waals surface area contributed by atoms with Gasteiger partial charge in [0.2, 0.25) is 0 Å². The Hall–Kier alpha value is -6.11. The predicted octanol–water partition coefficient (Wildman–Crippen LogP) is 0.928. The van der Waals surface area contributed by atoms with Crippen molar-refractivity contribution >= 4 is 92.7 Å². The second-order valence-electron chi connectivity index (χ2n) is 16.9. The fourth-order valence-corrected chi connectivity index (χ4v) is 13.6. The Morgan fingerprint density at radius 1 is 0.689 bits per heavy atom. The summed E-state index contributed by atoms with van der Waals surface area (Å²) in [5.74, 6) is -2.19. The molecule has 44 nitrogen and oxygen atoms in total. The number of aliphatic hydroxyl groups is 2. The molecule has 90 heavy (non-hydrogen) atoms. The van der Waals surface area contributed by atoms with E-state index >= 15 is 0 Å². The van der Waals surface area contributed by atoms with Crippen LogP contribution in [0.4, 0.5) is 38.0 Å². The van der Waals surface area contributed by atoms with Gasteiger partial charge in [0.15, 0.2) is 22.9 Å². The molecule has 0 spiro atoms. The molecule has 2 aliphatic rings. The third-order valence-corrected chi connectivity index (χ3v) is 18.9. The quantitative estimate of drug-likeness (QED) is 0.00662. The number of imidazole rings is 2. The molecule has 0 radical (unpaired) electrons. The van der Waals surface area contributed by atoms with E-state index in [9.17, 15) is 103 Å². The number of amides is 2. The Kier molecular flexibility index (Phi) is 25.7. The van der Waals surface area contributed by atoms with Crippen molar-refractivity contribution in [3.63, 3.8) is 0 Å². The van der Waals surface area contributed by atoms with Gasteiger partial charge in [0.1, 0.15) is 67.3 Å². The number of aliphatic hydroxyl groups excluding tert-OH is 2. The minimum absolute atomic E-state index is 0.00178. The molecular weight excluding hydrogens is 1380 g/mol. The summed E-state index contributed by atoms with van der Waals surface area (Å²) in [7, 11) is -33.0. The minimum atomic E-state index is -5.84. The summed E-state index contributed by atoms with van der Waals surface area (Å²) in [5.41, 5.74) is 20.1. The first-order valence-electron chi connectivity index (χ1n) is 23.6. The van der Waals surface area contributed by atoms with Crippen LogP contribution in [0.5, 0.6) is 0 Å². The molecule has 0 aliphatic carbocycles. The number of nitrogen functional groups attached to an aromatic ring is 2. The number of nitrogens with two attached hydrogens (primary N) is 2. The van der Waals surface area contributed by atoms with Crippen molar-refractivity contribution in [2.24, 2.45) is 5.11 Å². The van der Waals surface area contributed by atoms with Crippen LogP contribution >= 0.6 is 46.9 Å². The Bertz CT molecular complexity index is 3730. The Balaban J connectivity index is 0.000000285. The van der Waals surface area contributed by atoms with E-state index in [0.717, 1.165) is 10.9 Å². The number of phosphoric acid groups is 6. The number of hydrogen-bond acceptors (Lipinski definition) is 31. The number of terminal acetylenes is 1. The minimum Gasteiger partial charge on any atom is -0.390 e. The van der Waals surface area contributed by atoms with Crippen LogP contribution in [-0.2, 0) is 94.9 Å². The highest BCUT2D eigenvalue weighted by Gasteiger charge is 2.46. The number of nitrogens with one attached hydrogen (secondary N) is 2. The number of nitrogens with zero attached hydrogens (tertiary/aromatic N) is 14. The lowest BCUT2D eigenvalue weighted by molar-refractivity contribution is -0.173. The van der Waals surface area contributed by atoms with Crippen molar-refractivity contribution in [2.45, 2.75) is 75.2 Å². The van der Waals surface area contributed by atoms with Crippen molar-refractivity contribution < 1.29 is 148 Å². The second-order valence-corrected chi connectivity index (χ2v) is 26.2. The van der Waals surface area contributed by atoms with Crippen LogP contribution in [0.3, 0.4) is 0 Å². The number of carbonyl (C=O) groups excluding carboxylic acids is 2. The predicted molar refractivity (Wildman–Crippen MR) is 275 cm³/mol. The molecule has 0 saturated carbocycles. The largest absolute Gasteiger partial charge is 0.490 e. The molecule has 500 valence electrons. The average molecular weight is 1420 g/mol. The molecule has 12 unspecified atom stereocenters. The molecule has 2 saturated heterocycles. The Morgan fingerprint density at radius 3 is 1.53 bits per heavy atom. The number of halogens is 6. The van der Waals surface area contributed by atoms with Crippen LogP contribution in [-0.4, -0.2) is 182 Å². The third kappa shape index (κ3) is 23.2. The summed E-state index contributed by atoms with van der Waals surface area (Å²) in [6.45, 7) is -4.61. The van der Waals surface area contributed by atoms with E-state index in [1.54, 1.807) is 5.32 Å². The number of anilines is 2. The molecule has 5 aromatic rings. The van der Waals surface area contributed by atoms with Crippen molar-refractivity contribution in [1.29, 1.82) is 0 Å². The molecule has 14 N–H and O–H groups in total. The van der Waals surface area contributed by atoms with E-state index in [-0.39, 0.29) is 61.0 Å². The summed E-state index contributed by atoms with van der Waals surface area (Å²) in [6, 6.07) is 0. The lowest BCUT2D eigenvalue weighted by Gasteiger charge is -2.20. The van der Waals surface area contributed by atoms with E-state index in [1.807, 2.05) is 5.92 Å². The first-order chi connectivity index (χ1) is 41.6. The van der Waals surface area contributed by atoms with E-state index in [0.29, 0.717) is 11.2 Å². The van der Waals surface area contributed by atoms with Crippen LogP contribution in [0.1, 0.15) is 31.0 Å². The molecule has 0 bridgehead atoms. The van der Waals surface area contributed by atoms with Crippen molar-refractivity contribution in [2.75, 3.05) is 50.9 Å². The molecule has 12 atom stereocenters. The molecule has 56 heteroatoms. The van der Waals surface area contributed by atoms with Gasteiger partial charge in [-0.2, -0.15) is 43.6 Å². The van der Waals surface area contributed by atoms with Gasteiger partial charge >= 0.3 is 71.1 Å². The van der Waals surface area contributed by atoms with E-state index < -0.39 is 141 Å². The monoisotopic (exact) mass is 1420 g/mol. The number of carbonyl (C=O) groups is 2.